The van der Waals surface area contributed by atoms with Crippen LogP contribution >= 0.6 is 109 Å². The fraction of sp³-hybridized carbons (Fsp3) is 0.349. The third-order valence-electron chi connectivity index (χ3n) is 20.3. The molecule has 12 heterocycles. The lowest BCUT2D eigenvalue weighted by molar-refractivity contribution is -0.140. The van der Waals surface area contributed by atoms with Gasteiger partial charge in [0, 0.05) is 145 Å². The molecule has 44 heteroatoms. The number of carbonyl (C=O) groups is 8. The van der Waals surface area contributed by atoms with E-state index in [4.69, 9.17) is 63.7 Å². The van der Waals surface area contributed by atoms with Crippen LogP contribution in [0, 0.1) is 23.3 Å². The fourth-order valence-electron chi connectivity index (χ4n) is 15.2. The third kappa shape index (κ3) is 22.9. The summed E-state index contributed by atoms with van der Waals surface area (Å²) in [5, 5.41) is 18.6. The Kier molecular flexibility index (Phi) is 34.1. The number of thiazole rings is 4. The van der Waals surface area contributed by atoms with Crippen LogP contribution in [-0.2, 0) is 61.9 Å². The van der Waals surface area contributed by atoms with Crippen molar-refractivity contribution in [3.05, 3.63) is 248 Å². The number of aliphatic imine (C=N–C) groups is 4. The molecule has 0 saturated carbocycles. The Morgan fingerprint density at radius 3 is 0.908 bits per heavy atom. The maximum absolute atomic E-state index is 13.8. The van der Waals surface area contributed by atoms with Crippen molar-refractivity contribution in [1.82, 2.24) is 55.5 Å². The quantitative estimate of drug-likeness (QED) is 0.0225. The van der Waals surface area contributed by atoms with Gasteiger partial charge in [0.1, 0.15) is 47.4 Å². The molecular formula is C86H86Br4F4N16O16S4. The molecule has 4 saturated heterocycles. The van der Waals surface area contributed by atoms with Gasteiger partial charge in [0.25, 0.3) is 6.47 Å². The molecule has 8 aliphatic heterocycles. The van der Waals surface area contributed by atoms with E-state index in [2.05, 4.69) is 104 Å². The molecule has 16 rings (SSSR count). The molecule has 130 heavy (non-hydrogen) atoms. The standard InChI is InChI=1S/C23H24BrFN4O4S.2C21H20BrFN4O4S.C19H18BrFN4O2S.C2H4O2/c1-4-32-22(30)18-17-10-14(27-23(31)33-12(2)3)11-29(17)20(21-26-7-8-34-21)28-19(18)15-6-5-13(25)9-16(15)24;2*1-3-31-20(28)16-15-9-12(25-21(29)30-2)10-27(15)18(19-24-6-7-32-19)26-17(16)13-5-4-11(23)8-14(13)22;1-2-27-19(26)15-14-8-11(22)9-25(14)17(18-23-5-6-28-18)24-16(15)12-4-3-10(21)7-13(12)20;1-4-2-3/h5-9,12,14,19H,4,10-11H2,1-3H3,(H,27,31);2*4-8,12,17H,3,9-10H2,1-2H3,(H,25,29);3-7,11,16H,2,8-9,22H2,1H3;2H,1H3/t14?,19-;12-,17+;12-,17-;11-,16-;/m0100./s1. The van der Waals surface area contributed by atoms with Crippen molar-refractivity contribution < 1.29 is 93.8 Å². The first kappa shape index (κ1) is 98.0. The van der Waals surface area contributed by atoms with Crippen LogP contribution in [0.15, 0.2) is 202 Å². The number of rotatable bonds is 21. The summed E-state index contributed by atoms with van der Waals surface area (Å²) in [7, 11) is 3.91. The number of nitrogens with two attached hydrogens (primary N) is 1. The number of hydrogen-bond acceptors (Lipinski definition) is 33. The van der Waals surface area contributed by atoms with E-state index in [0.29, 0.717) is 176 Å². The van der Waals surface area contributed by atoms with Gasteiger partial charge in [-0.3, -0.25) is 24.8 Å². The molecule has 5 N–H and O–H groups in total. The summed E-state index contributed by atoms with van der Waals surface area (Å²) in [4.78, 5) is 142. The van der Waals surface area contributed by atoms with Crippen LogP contribution in [0.1, 0.15) is 134 Å². The number of amides is 3. The minimum absolute atomic E-state index is 0.125. The van der Waals surface area contributed by atoms with Gasteiger partial charge in [-0.2, -0.15) is 0 Å². The van der Waals surface area contributed by atoms with E-state index in [9.17, 15) is 51.1 Å². The topological polar surface area (TPSA) is 386 Å². The molecule has 8 atom stereocenters. The number of hydrogen-bond donors (Lipinski definition) is 4. The maximum Gasteiger partial charge on any atom is 0.407 e. The molecule has 0 radical (unpaired) electrons. The second-order valence-corrected chi connectivity index (χ2v) is 36.1. The van der Waals surface area contributed by atoms with Gasteiger partial charge in [-0.1, -0.05) is 88.0 Å². The van der Waals surface area contributed by atoms with E-state index in [-0.39, 0.29) is 62.5 Å². The molecule has 4 aromatic heterocycles. The van der Waals surface area contributed by atoms with Gasteiger partial charge in [-0.25, -0.2) is 71.1 Å². The lowest BCUT2D eigenvalue weighted by Crippen LogP contribution is -2.40. The number of esters is 4. The summed E-state index contributed by atoms with van der Waals surface area (Å²) < 4.78 is 97.1. The highest BCUT2D eigenvalue weighted by Crippen LogP contribution is 2.49. The SMILES string of the molecule is CCOC(=O)C1=C2CC(NC(=O)OC(C)C)CN2C(c2nccs2)=N[C@H]1c1ccc(F)cc1Br.CCOC(=O)C1=C2C[C@@H](NC(=O)OC)CN2C(c2nccs2)=N[C@H]1c1ccc(F)cc1Br.CCOC(=O)C1=C2C[C@H](N)CN2C(c2nccs2)=N[C@H]1c1ccc(F)cc1Br.CCOC(=O)C1=C2C[C@H](NC(=O)OC)CN2C(c2nccs2)=N[C@H]1c1ccc(F)cc1Br.COC=O. The highest BCUT2D eigenvalue weighted by molar-refractivity contribution is 9.11. The number of fused-ring (bicyclic) bond motifs is 4. The third-order valence-corrected chi connectivity index (χ3v) is 26.2. The number of amidine groups is 4. The molecule has 686 valence electrons. The molecule has 4 aromatic carbocycles. The van der Waals surface area contributed by atoms with Gasteiger partial charge >= 0.3 is 42.2 Å². The zero-order valence-electron chi connectivity index (χ0n) is 70.9. The first-order valence-corrected chi connectivity index (χ1v) is 47.0. The molecule has 8 aromatic rings. The van der Waals surface area contributed by atoms with E-state index < -0.39 is 83.8 Å². The van der Waals surface area contributed by atoms with Crippen molar-refractivity contribution in [1.29, 1.82) is 0 Å². The van der Waals surface area contributed by atoms with E-state index >= 15 is 0 Å². The molecule has 32 nitrogen and oxygen atoms in total. The second-order valence-electron chi connectivity index (χ2n) is 29.1. The van der Waals surface area contributed by atoms with Crippen molar-refractivity contribution in [3.63, 3.8) is 0 Å². The van der Waals surface area contributed by atoms with Crippen LogP contribution in [0.25, 0.3) is 0 Å². The summed E-state index contributed by atoms with van der Waals surface area (Å²) in [6.45, 7) is 13.4. The van der Waals surface area contributed by atoms with Crippen molar-refractivity contribution in [2.24, 2.45) is 25.7 Å². The minimum Gasteiger partial charge on any atom is -0.471 e. The number of nitrogens with zero attached hydrogens (tertiary/aromatic N) is 12. The Morgan fingerprint density at radius 2 is 0.685 bits per heavy atom. The average Bonchev–Trinajstić information content (AvgIpc) is 1.57. The first-order valence-electron chi connectivity index (χ1n) is 40.3. The lowest BCUT2D eigenvalue weighted by Gasteiger charge is -2.31. The predicted molar refractivity (Wildman–Crippen MR) is 490 cm³/mol. The number of aromatic nitrogens is 4. The van der Waals surface area contributed by atoms with Crippen molar-refractivity contribution >= 4 is 181 Å². The van der Waals surface area contributed by atoms with Crippen LogP contribution in [0.5, 0.6) is 0 Å². The van der Waals surface area contributed by atoms with Gasteiger partial charge < -0.3 is 79.2 Å². The molecule has 0 spiro atoms. The van der Waals surface area contributed by atoms with Crippen LogP contribution in [0.2, 0.25) is 0 Å². The van der Waals surface area contributed by atoms with Gasteiger partial charge in [0.2, 0.25) is 0 Å². The highest BCUT2D eigenvalue weighted by atomic mass is 79.9. The molecule has 0 bridgehead atoms. The summed E-state index contributed by atoms with van der Waals surface area (Å²) in [5.74, 6) is -1.11. The molecule has 1 unspecified atom stereocenters. The zero-order chi connectivity index (χ0) is 93.3. The highest BCUT2D eigenvalue weighted by Gasteiger charge is 2.48. The molecule has 8 aliphatic rings. The normalized spacial score (nSPS) is 19.8. The predicted octanol–water partition coefficient (Wildman–Crippen LogP) is 15.3. The van der Waals surface area contributed by atoms with E-state index in [0.717, 1.165) is 10.7 Å². The Hall–Kier alpha value is -11.0. The number of ether oxygens (including phenoxy) is 8. The monoisotopic (exact) mass is 2120 g/mol. The van der Waals surface area contributed by atoms with Crippen molar-refractivity contribution in [2.75, 3.05) is 73.9 Å². The van der Waals surface area contributed by atoms with Crippen molar-refractivity contribution in [3.8, 4) is 0 Å². The van der Waals surface area contributed by atoms with E-state index in [1.807, 2.05) is 41.1 Å². The van der Waals surface area contributed by atoms with Crippen LogP contribution in [-0.4, -0.2) is 216 Å². The van der Waals surface area contributed by atoms with Crippen LogP contribution < -0.4 is 21.7 Å². The van der Waals surface area contributed by atoms with E-state index in [1.165, 1.54) is 115 Å². The average molecular weight is 2120 g/mol. The second kappa shape index (κ2) is 45.2. The van der Waals surface area contributed by atoms with Crippen LogP contribution in [0.4, 0.5) is 31.9 Å². The number of methoxy groups -OCH3 is 3. The Labute approximate surface area is 793 Å². The largest absolute Gasteiger partial charge is 0.471 e. The summed E-state index contributed by atoms with van der Waals surface area (Å²) in [5.41, 5.74) is 13.2. The zero-order valence-corrected chi connectivity index (χ0v) is 80.5. The molecule has 3 amide bonds. The first-order chi connectivity index (χ1) is 62.5. The van der Waals surface area contributed by atoms with Crippen molar-refractivity contribution in [2.45, 2.75) is 122 Å². The number of halogens is 8. The van der Waals surface area contributed by atoms with E-state index in [1.54, 1.807) is 90.6 Å². The Bertz CT molecular complexity index is 5620. The van der Waals surface area contributed by atoms with Gasteiger partial charge in [0.15, 0.2) is 43.4 Å². The summed E-state index contributed by atoms with van der Waals surface area (Å²) in [6, 6.07) is 13.3. The minimum atomic E-state index is -0.736. The molecular weight excluding hydrogens is 2040 g/mol. The maximum atomic E-state index is 13.8. The number of nitrogens with one attached hydrogen (secondary N) is 3. The fourth-order valence-corrected chi connectivity index (χ4v) is 20.1. The van der Waals surface area contributed by atoms with Crippen LogP contribution in [0.3, 0.4) is 0 Å². The summed E-state index contributed by atoms with van der Waals surface area (Å²) in [6.07, 6.45) is 6.52. The Balaban J connectivity index is 0.000000155. The molecule has 0 aliphatic carbocycles. The number of benzene rings is 4. The Morgan fingerprint density at radius 1 is 0.431 bits per heavy atom. The van der Waals surface area contributed by atoms with Gasteiger partial charge in [-0.05, 0) is 112 Å². The number of alkyl carbamates (subject to hydrolysis) is 3. The lowest BCUT2D eigenvalue weighted by atomic mass is 9.94. The van der Waals surface area contributed by atoms with Gasteiger partial charge in [-0.15, -0.1) is 45.3 Å². The van der Waals surface area contributed by atoms with Gasteiger partial charge in [0.05, 0.1) is 94.3 Å². The smallest absolute Gasteiger partial charge is 0.407 e. The summed E-state index contributed by atoms with van der Waals surface area (Å²) >= 11 is 19.4. The number of carbonyl (C=O) groups excluding carboxylic acids is 8. The molecule has 4 fully saturated rings.